The van der Waals surface area contributed by atoms with Crippen LogP contribution < -0.4 is 9.47 Å². The standard InChI is InChI=1S/C18H15ClN2O4S/c1-23-15-8-7-11(9-16(15)24-2)17-20-21-18(25-17)26-10-14(22)12-5-3-4-6-13(12)19/h3-9H,10H2,1-2H3. The molecule has 3 aromatic rings. The summed E-state index contributed by atoms with van der Waals surface area (Å²) in [7, 11) is 3.12. The molecule has 6 nitrogen and oxygen atoms in total. The number of aromatic nitrogens is 2. The van der Waals surface area contributed by atoms with Crippen LogP contribution in [-0.4, -0.2) is 36.0 Å². The monoisotopic (exact) mass is 390 g/mol. The summed E-state index contributed by atoms with van der Waals surface area (Å²) >= 11 is 7.20. The molecule has 0 spiro atoms. The van der Waals surface area contributed by atoms with Gasteiger partial charge in [0.25, 0.3) is 5.22 Å². The highest BCUT2D eigenvalue weighted by Gasteiger charge is 2.15. The van der Waals surface area contributed by atoms with Crippen LogP contribution in [0.1, 0.15) is 10.4 Å². The molecule has 0 atom stereocenters. The average Bonchev–Trinajstić information content (AvgIpc) is 3.15. The van der Waals surface area contributed by atoms with Gasteiger partial charge in [-0.15, -0.1) is 10.2 Å². The number of thioether (sulfide) groups is 1. The summed E-state index contributed by atoms with van der Waals surface area (Å²) in [6.45, 7) is 0. The highest BCUT2D eigenvalue weighted by Crippen LogP contribution is 2.32. The van der Waals surface area contributed by atoms with E-state index in [0.29, 0.717) is 38.8 Å². The number of ketones is 1. The van der Waals surface area contributed by atoms with E-state index in [2.05, 4.69) is 10.2 Å². The van der Waals surface area contributed by atoms with Gasteiger partial charge in [0.2, 0.25) is 5.89 Å². The third-order valence-electron chi connectivity index (χ3n) is 3.54. The van der Waals surface area contributed by atoms with Gasteiger partial charge in [0.15, 0.2) is 17.3 Å². The Bertz CT molecular complexity index is 929. The first kappa shape index (κ1) is 18.3. The van der Waals surface area contributed by atoms with Crippen LogP contribution in [0.2, 0.25) is 5.02 Å². The molecule has 0 aliphatic heterocycles. The third-order valence-corrected chi connectivity index (χ3v) is 4.69. The van der Waals surface area contributed by atoms with Crippen LogP contribution in [0.5, 0.6) is 11.5 Å². The van der Waals surface area contributed by atoms with E-state index in [0.717, 1.165) is 11.8 Å². The van der Waals surface area contributed by atoms with Gasteiger partial charge in [0.1, 0.15) is 0 Å². The second kappa shape index (κ2) is 8.25. The first-order chi connectivity index (χ1) is 12.6. The lowest BCUT2D eigenvalue weighted by molar-refractivity contribution is 0.102. The van der Waals surface area contributed by atoms with Crippen molar-refractivity contribution >= 4 is 29.1 Å². The molecule has 3 rings (SSSR count). The van der Waals surface area contributed by atoms with Crippen LogP contribution in [0.3, 0.4) is 0 Å². The topological polar surface area (TPSA) is 74.5 Å². The average molecular weight is 391 g/mol. The van der Waals surface area contributed by atoms with Crippen molar-refractivity contribution in [1.82, 2.24) is 10.2 Å². The van der Waals surface area contributed by atoms with Crippen LogP contribution in [0.25, 0.3) is 11.5 Å². The maximum absolute atomic E-state index is 12.2. The quantitative estimate of drug-likeness (QED) is 0.437. The Morgan fingerprint density at radius 2 is 1.88 bits per heavy atom. The lowest BCUT2D eigenvalue weighted by Crippen LogP contribution is -2.02. The Morgan fingerprint density at radius 1 is 1.12 bits per heavy atom. The largest absolute Gasteiger partial charge is 0.493 e. The molecule has 0 aliphatic rings. The van der Waals surface area contributed by atoms with Crippen LogP contribution in [0.4, 0.5) is 0 Å². The number of carbonyl (C=O) groups is 1. The predicted molar refractivity (Wildman–Crippen MR) is 99.3 cm³/mol. The minimum atomic E-state index is -0.105. The van der Waals surface area contributed by atoms with Gasteiger partial charge in [0, 0.05) is 11.1 Å². The number of Topliss-reactive ketones (excluding diaryl/α,β-unsaturated/α-hetero) is 1. The normalized spacial score (nSPS) is 10.6. The number of benzene rings is 2. The maximum atomic E-state index is 12.2. The van der Waals surface area contributed by atoms with Crippen molar-refractivity contribution in [2.24, 2.45) is 0 Å². The number of nitrogens with zero attached hydrogens (tertiary/aromatic N) is 2. The lowest BCUT2D eigenvalue weighted by atomic mass is 10.1. The van der Waals surface area contributed by atoms with Crippen molar-refractivity contribution in [1.29, 1.82) is 0 Å². The molecule has 134 valence electrons. The summed E-state index contributed by atoms with van der Waals surface area (Å²) in [6.07, 6.45) is 0. The van der Waals surface area contributed by atoms with E-state index in [1.807, 2.05) is 0 Å². The second-order valence-corrected chi connectivity index (χ2v) is 6.47. The highest BCUT2D eigenvalue weighted by atomic mass is 35.5. The van der Waals surface area contributed by atoms with Crippen molar-refractivity contribution in [3.05, 3.63) is 53.1 Å². The zero-order chi connectivity index (χ0) is 18.5. The van der Waals surface area contributed by atoms with Crippen molar-refractivity contribution in [2.45, 2.75) is 5.22 Å². The van der Waals surface area contributed by atoms with Gasteiger partial charge in [-0.1, -0.05) is 35.5 Å². The molecule has 0 amide bonds. The molecule has 0 saturated carbocycles. The van der Waals surface area contributed by atoms with Crippen molar-refractivity contribution in [3.8, 4) is 23.0 Å². The molecule has 1 aromatic heterocycles. The first-order valence-corrected chi connectivity index (χ1v) is 8.95. The summed E-state index contributed by atoms with van der Waals surface area (Å²) in [6, 6.07) is 12.2. The van der Waals surface area contributed by atoms with Gasteiger partial charge in [-0.3, -0.25) is 4.79 Å². The van der Waals surface area contributed by atoms with Crippen LogP contribution >= 0.6 is 23.4 Å². The second-order valence-electron chi connectivity index (χ2n) is 5.13. The van der Waals surface area contributed by atoms with Crippen molar-refractivity contribution in [3.63, 3.8) is 0 Å². The first-order valence-electron chi connectivity index (χ1n) is 7.59. The van der Waals surface area contributed by atoms with Crippen LogP contribution in [0.15, 0.2) is 52.1 Å². The predicted octanol–water partition coefficient (Wildman–Crippen LogP) is 4.38. The van der Waals surface area contributed by atoms with Crippen molar-refractivity contribution in [2.75, 3.05) is 20.0 Å². The fourth-order valence-electron chi connectivity index (χ4n) is 2.25. The Hall–Kier alpha value is -2.51. The highest BCUT2D eigenvalue weighted by molar-refractivity contribution is 7.99. The molecule has 2 aromatic carbocycles. The number of rotatable bonds is 7. The van der Waals surface area contributed by atoms with E-state index in [4.69, 9.17) is 25.5 Å². The SMILES string of the molecule is COc1ccc(-c2nnc(SCC(=O)c3ccccc3Cl)o2)cc1OC. The Morgan fingerprint density at radius 3 is 2.62 bits per heavy atom. The fraction of sp³-hybridized carbons (Fsp3) is 0.167. The van der Waals surface area contributed by atoms with Gasteiger partial charge >= 0.3 is 0 Å². The number of halogens is 1. The van der Waals surface area contributed by atoms with Gasteiger partial charge < -0.3 is 13.9 Å². The van der Waals surface area contributed by atoms with Gasteiger partial charge in [-0.2, -0.15) is 0 Å². The number of ether oxygens (including phenoxy) is 2. The minimum Gasteiger partial charge on any atom is -0.493 e. The summed E-state index contributed by atoms with van der Waals surface area (Å²) in [4.78, 5) is 12.2. The van der Waals surface area contributed by atoms with E-state index in [1.165, 1.54) is 0 Å². The lowest BCUT2D eigenvalue weighted by Gasteiger charge is -2.07. The van der Waals surface area contributed by atoms with E-state index in [1.54, 1.807) is 56.7 Å². The molecular formula is C18H15ClN2O4S. The van der Waals surface area contributed by atoms with Crippen molar-refractivity contribution < 1.29 is 18.7 Å². The van der Waals surface area contributed by atoms with E-state index in [-0.39, 0.29) is 11.5 Å². The van der Waals surface area contributed by atoms with E-state index < -0.39 is 0 Å². The van der Waals surface area contributed by atoms with E-state index >= 15 is 0 Å². The smallest absolute Gasteiger partial charge is 0.277 e. The fourth-order valence-corrected chi connectivity index (χ4v) is 3.13. The summed E-state index contributed by atoms with van der Waals surface area (Å²) in [5, 5.41) is 8.71. The number of hydrogen-bond acceptors (Lipinski definition) is 7. The molecule has 0 radical (unpaired) electrons. The number of hydrogen-bond donors (Lipinski definition) is 0. The maximum Gasteiger partial charge on any atom is 0.277 e. The Labute approximate surface area is 159 Å². The summed E-state index contributed by atoms with van der Waals surface area (Å²) < 4.78 is 16.1. The number of carbonyl (C=O) groups excluding carboxylic acids is 1. The molecular weight excluding hydrogens is 376 g/mol. The van der Waals surface area contributed by atoms with E-state index in [9.17, 15) is 4.79 Å². The molecule has 0 saturated heterocycles. The Kier molecular flexibility index (Phi) is 5.80. The molecule has 1 heterocycles. The van der Waals surface area contributed by atoms with Crippen LogP contribution in [-0.2, 0) is 0 Å². The van der Waals surface area contributed by atoms with Gasteiger partial charge in [-0.25, -0.2) is 0 Å². The minimum absolute atomic E-state index is 0.105. The zero-order valence-electron chi connectivity index (χ0n) is 14.1. The molecule has 0 N–H and O–H groups in total. The third kappa shape index (κ3) is 4.00. The number of methoxy groups -OCH3 is 2. The molecule has 0 aliphatic carbocycles. The molecule has 0 unspecified atom stereocenters. The van der Waals surface area contributed by atoms with Gasteiger partial charge in [-0.05, 0) is 30.3 Å². The molecule has 0 fully saturated rings. The Balaban J connectivity index is 1.70. The van der Waals surface area contributed by atoms with Crippen LogP contribution in [0, 0.1) is 0 Å². The molecule has 0 bridgehead atoms. The summed E-state index contributed by atoms with van der Waals surface area (Å²) in [5.74, 6) is 1.55. The zero-order valence-corrected chi connectivity index (χ0v) is 15.6. The summed E-state index contributed by atoms with van der Waals surface area (Å²) in [5.41, 5.74) is 1.17. The molecule has 26 heavy (non-hydrogen) atoms. The van der Waals surface area contributed by atoms with Gasteiger partial charge in [0.05, 0.1) is 25.0 Å². The molecule has 8 heteroatoms.